The summed E-state index contributed by atoms with van der Waals surface area (Å²) in [7, 11) is 0. The number of phenols is 1. The van der Waals surface area contributed by atoms with Crippen LogP contribution < -0.4 is 4.90 Å². The van der Waals surface area contributed by atoms with E-state index in [1.54, 1.807) is 6.92 Å². The molecule has 0 saturated heterocycles. The highest BCUT2D eigenvalue weighted by molar-refractivity contribution is 14.1. The van der Waals surface area contributed by atoms with E-state index >= 15 is 0 Å². The number of hydrogen-bond donors (Lipinski definition) is 1. The molecule has 1 atom stereocenters. The molecule has 0 aliphatic carbocycles. The molecule has 4 nitrogen and oxygen atoms in total. The maximum absolute atomic E-state index is 12.8. The lowest BCUT2D eigenvalue weighted by molar-refractivity contribution is -0.146. The highest BCUT2D eigenvalue weighted by Gasteiger charge is 2.42. The van der Waals surface area contributed by atoms with Crippen LogP contribution in [-0.2, 0) is 16.0 Å². The Balaban J connectivity index is 2.41. The number of halogens is 4. The van der Waals surface area contributed by atoms with Crippen molar-refractivity contribution >= 4 is 34.2 Å². The van der Waals surface area contributed by atoms with Crippen LogP contribution in [0.5, 0.6) is 5.75 Å². The van der Waals surface area contributed by atoms with E-state index < -0.39 is 24.7 Å². The molecule has 1 aromatic rings. The summed E-state index contributed by atoms with van der Waals surface area (Å²) in [4.78, 5) is 12.9. The fourth-order valence-corrected chi connectivity index (χ4v) is 3.05. The third-order valence-electron chi connectivity index (χ3n) is 3.19. The molecule has 2 rings (SSSR count). The van der Waals surface area contributed by atoms with E-state index in [0.29, 0.717) is 14.8 Å². The molecule has 1 aliphatic heterocycles. The molecular formula is C13H13F3INO3. The first-order valence-corrected chi connectivity index (χ1v) is 7.33. The van der Waals surface area contributed by atoms with E-state index in [2.05, 4.69) is 0 Å². The summed E-state index contributed by atoms with van der Waals surface area (Å²) in [5.74, 6) is -0.695. The summed E-state index contributed by atoms with van der Waals surface area (Å²) < 4.78 is 43.6. The van der Waals surface area contributed by atoms with Gasteiger partial charge in [-0.25, -0.2) is 4.79 Å². The lowest BCUT2D eigenvalue weighted by Crippen LogP contribution is -2.44. The average Bonchev–Trinajstić information content (AvgIpc) is 2.72. The molecule has 0 aromatic heterocycles. The summed E-state index contributed by atoms with van der Waals surface area (Å²) in [5, 5.41) is 9.67. The molecule has 1 heterocycles. The third-order valence-corrected chi connectivity index (χ3v) is 4.39. The number of benzene rings is 1. The quantitative estimate of drug-likeness (QED) is 0.610. The van der Waals surface area contributed by atoms with Gasteiger partial charge in [0.15, 0.2) is 0 Å². The number of nitrogens with zero attached hydrogens (tertiary/aromatic N) is 1. The van der Waals surface area contributed by atoms with Crippen LogP contribution in [0.3, 0.4) is 0 Å². The van der Waals surface area contributed by atoms with E-state index in [0.717, 1.165) is 4.90 Å². The van der Waals surface area contributed by atoms with Gasteiger partial charge in [-0.3, -0.25) is 0 Å². The van der Waals surface area contributed by atoms with Crippen molar-refractivity contribution < 1.29 is 27.8 Å². The van der Waals surface area contributed by atoms with Gasteiger partial charge in [-0.1, -0.05) is 0 Å². The lowest BCUT2D eigenvalue weighted by Gasteiger charge is -2.27. The molecule has 0 spiro atoms. The monoisotopic (exact) mass is 415 g/mol. The first kappa shape index (κ1) is 16.2. The van der Waals surface area contributed by atoms with Crippen LogP contribution >= 0.6 is 22.6 Å². The Morgan fingerprint density at radius 3 is 2.76 bits per heavy atom. The zero-order chi connectivity index (χ0) is 15.8. The predicted octanol–water partition coefficient (Wildman–Crippen LogP) is 2.85. The molecule has 21 heavy (non-hydrogen) atoms. The number of rotatable bonds is 3. The van der Waals surface area contributed by atoms with Gasteiger partial charge in [0, 0.05) is 12.1 Å². The Morgan fingerprint density at radius 1 is 1.52 bits per heavy atom. The van der Waals surface area contributed by atoms with E-state index in [4.69, 9.17) is 4.74 Å². The van der Waals surface area contributed by atoms with Gasteiger partial charge in [0.1, 0.15) is 18.3 Å². The Kier molecular flexibility index (Phi) is 4.54. The summed E-state index contributed by atoms with van der Waals surface area (Å²) in [6.45, 7) is 0.474. The number of aromatic hydroxyl groups is 1. The van der Waals surface area contributed by atoms with Crippen molar-refractivity contribution in [3.05, 3.63) is 21.3 Å². The molecule has 1 aromatic carbocycles. The first-order chi connectivity index (χ1) is 9.74. The predicted molar refractivity (Wildman–Crippen MR) is 78.3 cm³/mol. The van der Waals surface area contributed by atoms with Crippen molar-refractivity contribution in [1.29, 1.82) is 0 Å². The first-order valence-electron chi connectivity index (χ1n) is 6.25. The number of alkyl halides is 3. The fourth-order valence-electron chi connectivity index (χ4n) is 2.37. The minimum atomic E-state index is -4.43. The van der Waals surface area contributed by atoms with Crippen LogP contribution in [-0.4, -0.2) is 36.4 Å². The van der Waals surface area contributed by atoms with Gasteiger partial charge in [0.05, 0.1) is 10.2 Å². The van der Waals surface area contributed by atoms with Gasteiger partial charge in [0.2, 0.25) is 0 Å². The van der Waals surface area contributed by atoms with Crippen molar-refractivity contribution in [2.75, 3.05) is 18.1 Å². The van der Waals surface area contributed by atoms with Crippen molar-refractivity contribution in [2.45, 2.75) is 25.6 Å². The molecule has 1 N–H and O–H groups in total. The zero-order valence-corrected chi connectivity index (χ0v) is 13.2. The second-order valence-electron chi connectivity index (χ2n) is 4.61. The van der Waals surface area contributed by atoms with E-state index in [-0.39, 0.29) is 18.8 Å². The van der Waals surface area contributed by atoms with Gasteiger partial charge >= 0.3 is 12.1 Å². The number of carbonyl (C=O) groups is 1. The number of ether oxygens (including phenoxy) is 1. The molecule has 0 radical (unpaired) electrons. The number of fused-ring (bicyclic) bond motifs is 1. The lowest BCUT2D eigenvalue weighted by atomic mass is 10.1. The maximum Gasteiger partial charge on any atom is 0.405 e. The van der Waals surface area contributed by atoms with E-state index in [1.165, 1.54) is 12.1 Å². The third kappa shape index (κ3) is 3.35. The van der Waals surface area contributed by atoms with Crippen LogP contribution in [0.25, 0.3) is 0 Å². The largest absolute Gasteiger partial charge is 0.507 e. The number of esters is 1. The van der Waals surface area contributed by atoms with Crippen LogP contribution in [0.2, 0.25) is 0 Å². The van der Waals surface area contributed by atoms with Crippen molar-refractivity contribution in [3.8, 4) is 5.75 Å². The summed E-state index contributed by atoms with van der Waals surface area (Å²) >= 11 is 1.86. The van der Waals surface area contributed by atoms with E-state index in [9.17, 15) is 23.1 Å². The number of phenolic OH excluding ortho intramolecular Hbond substituents is 1. The van der Waals surface area contributed by atoms with Gasteiger partial charge in [-0.05, 0) is 47.2 Å². The summed E-state index contributed by atoms with van der Waals surface area (Å²) in [6, 6.07) is 1.71. The van der Waals surface area contributed by atoms with Crippen LogP contribution in [0.15, 0.2) is 12.1 Å². The normalized spacial score (nSPS) is 17.8. The number of anilines is 1. The Bertz CT molecular complexity index is 562. The Hall–Kier alpha value is -1.19. The number of carbonyl (C=O) groups excluding carboxylic acids is 1. The summed E-state index contributed by atoms with van der Waals surface area (Å²) in [6.07, 6.45) is -4.34. The fraction of sp³-hybridized carbons (Fsp3) is 0.462. The van der Waals surface area contributed by atoms with Crippen LogP contribution in [0.1, 0.15) is 12.5 Å². The highest BCUT2D eigenvalue weighted by atomic mass is 127. The van der Waals surface area contributed by atoms with Crippen molar-refractivity contribution in [1.82, 2.24) is 0 Å². The van der Waals surface area contributed by atoms with Gasteiger partial charge in [-0.15, -0.1) is 0 Å². The van der Waals surface area contributed by atoms with E-state index in [1.807, 2.05) is 22.6 Å². The topological polar surface area (TPSA) is 49.8 Å². The molecular weight excluding hydrogens is 402 g/mol. The van der Waals surface area contributed by atoms with Gasteiger partial charge < -0.3 is 14.7 Å². The molecule has 1 aliphatic rings. The second kappa shape index (κ2) is 5.90. The highest BCUT2D eigenvalue weighted by Crippen LogP contribution is 2.40. The zero-order valence-electron chi connectivity index (χ0n) is 11.1. The molecule has 0 fully saturated rings. The van der Waals surface area contributed by atoms with Gasteiger partial charge in [0.25, 0.3) is 0 Å². The second-order valence-corrected chi connectivity index (χ2v) is 5.69. The maximum atomic E-state index is 12.8. The van der Waals surface area contributed by atoms with Crippen molar-refractivity contribution in [3.63, 3.8) is 0 Å². The molecule has 0 bridgehead atoms. The van der Waals surface area contributed by atoms with Gasteiger partial charge in [-0.2, -0.15) is 13.2 Å². The Labute approximate surface area is 133 Å². The Morgan fingerprint density at radius 2 is 2.19 bits per heavy atom. The minimum Gasteiger partial charge on any atom is -0.507 e. The summed E-state index contributed by atoms with van der Waals surface area (Å²) in [5.41, 5.74) is 0.852. The van der Waals surface area contributed by atoms with Crippen molar-refractivity contribution in [2.24, 2.45) is 0 Å². The molecule has 0 saturated carbocycles. The molecule has 116 valence electrons. The van der Waals surface area contributed by atoms with Crippen LogP contribution in [0, 0.1) is 3.57 Å². The molecule has 0 amide bonds. The minimum absolute atomic E-state index is 0.00850. The molecule has 1 unspecified atom stereocenters. The smallest absolute Gasteiger partial charge is 0.405 e. The molecule has 8 heteroatoms. The SMILES string of the molecule is CCOC(=O)C1Cc2c(ccc(O)c2I)N1CC(F)(F)F. The average molecular weight is 415 g/mol. The van der Waals surface area contributed by atoms with Crippen LogP contribution in [0.4, 0.5) is 18.9 Å². The standard InChI is InChI=1S/C13H13F3INO3/c1-2-21-12(20)9-5-7-8(3-4-10(19)11(7)17)18(9)6-13(14,15)16/h3-4,9,19H,2,5-6H2,1H3. The number of hydrogen-bond acceptors (Lipinski definition) is 4.